The zero-order valence-electron chi connectivity index (χ0n) is 14.8. The quantitative estimate of drug-likeness (QED) is 0.899. The summed E-state index contributed by atoms with van der Waals surface area (Å²) in [6.07, 6.45) is -0.00684. The van der Waals surface area contributed by atoms with Crippen LogP contribution >= 0.6 is 0 Å². The maximum atomic E-state index is 11.1. The average Bonchev–Trinajstić information content (AvgIpc) is 2.52. The summed E-state index contributed by atoms with van der Waals surface area (Å²) in [6.45, 7) is 12.8. The van der Waals surface area contributed by atoms with Gasteiger partial charge in [-0.3, -0.25) is 4.79 Å². The molecule has 1 amide bonds. The molecule has 0 unspecified atom stereocenters. The highest BCUT2D eigenvalue weighted by atomic mass is 16.5. The highest BCUT2D eigenvalue weighted by Gasteiger charge is 2.23. The van der Waals surface area contributed by atoms with Gasteiger partial charge in [0.1, 0.15) is 11.6 Å². The van der Waals surface area contributed by atoms with Gasteiger partial charge in [0.15, 0.2) is 0 Å². The fraction of sp³-hybridized carbons (Fsp3) is 0.706. The van der Waals surface area contributed by atoms with Crippen LogP contribution in [0, 0.1) is 0 Å². The standard InChI is InChI=1S/C17H28N4O2/c1-11(2)15-8-16(20-17(19-15)12(3)4)21-6-7-23-14(10-21)9-18-13(5)22/h8,11-12,14H,6-7,9-10H2,1-5H3,(H,18,22)/t14-/m0/s1. The lowest BCUT2D eigenvalue weighted by Gasteiger charge is -2.34. The molecule has 6 nitrogen and oxygen atoms in total. The highest BCUT2D eigenvalue weighted by molar-refractivity contribution is 5.72. The van der Waals surface area contributed by atoms with Gasteiger partial charge >= 0.3 is 0 Å². The summed E-state index contributed by atoms with van der Waals surface area (Å²) in [5, 5.41) is 2.82. The van der Waals surface area contributed by atoms with Crippen LogP contribution in [-0.2, 0) is 9.53 Å². The number of nitrogens with one attached hydrogen (secondary N) is 1. The molecule has 0 saturated carbocycles. The first-order chi connectivity index (χ1) is 10.9. The van der Waals surface area contributed by atoms with Crippen LogP contribution < -0.4 is 10.2 Å². The maximum Gasteiger partial charge on any atom is 0.216 e. The third-order valence-electron chi connectivity index (χ3n) is 3.90. The third kappa shape index (κ3) is 4.89. The van der Waals surface area contributed by atoms with E-state index in [-0.39, 0.29) is 12.0 Å². The van der Waals surface area contributed by atoms with Gasteiger partial charge in [-0.2, -0.15) is 0 Å². The Morgan fingerprint density at radius 3 is 2.70 bits per heavy atom. The fourth-order valence-corrected chi connectivity index (χ4v) is 2.50. The Hall–Kier alpha value is -1.69. The van der Waals surface area contributed by atoms with Gasteiger partial charge in [-0.05, 0) is 5.92 Å². The van der Waals surface area contributed by atoms with E-state index >= 15 is 0 Å². The van der Waals surface area contributed by atoms with E-state index in [4.69, 9.17) is 9.72 Å². The summed E-state index contributed by atoms with van der Waals surface area (Å²) in [5.74, 6) is 2.48. The molecule has 1 aliphatic heterocycles. The highest BCUT2D eigenvalue weighted by Crippen LogP contribution is 2.23. The number of rotatable bonds is 5. The van der Waals surface area contributed by atoms with Crippen LogP contribution in [0.5, 0.6) is 0 Å². The van der Waals surface area contributed by atoms with Crippen LogP contribution in [0.1, 0.15) is 58.0 Å². The zero-order chi connectivity index (χ0) is 17.0. The first-order valence-corrected chi connectivity index (χ1v) is 8.36. The van der Waals surface area contributed by atoms with Gasteiger partial charge < -0.3 is 15.0 Å². The molecule has 6 heteroatoms. The second kappa shape index (κ2) is 7.73. The monoisotopic (exact) mass is 320 g/mol. The summed E-state index contributed by atoms with van der Waals surface area (Å²) in [4.78, 5) is 22.7. The Bertz CT molecular complexity index is 519. The Morgan fingerprint density at radius 1 is 1.35 bits per heavy atom. The summed E-state index contributed by atoms with van der Waals surface area (Å²) in [6, 6.07) is 2.08. The number of aromatic nitrogens is 2. The van der Waals surface area contributed by atoms with E-state index in [0.717, 1.165) is 30.4 Å². The number of hydrogen-bond donors (Lipinski definition) is 1. The molecule has 23 heavy (non-hydrogen) atoms. The maximum absolute atomic E-state index is 11.1. The van der Waals surface area contributed by atoms with Crippen LogP contribution in [0.15, 0.2) is 6.07 Å². The van der Waals surface area contributed by atoms with Crippen molar-refractivity contribution in [2.24, 2.45) is 0 Å². The largest absolute Gasteiger partial charge is 0.373 e. The molecule has 2 rings (SSSR count). The minimum absolute atomic E-state index is 0.00684. The molecule has 0 spiro atoms. The number of anilines is 1. The van der Waals surface area contributed by atoms with E-state index in [2.05, 4.69) is 49.0 Å². The lowest BCUT2D eigenvalue weighted by Crippen LogP contribution is -2.47. The van der Waals surface area contributed by atoms with Gasteiger partial charge in [0.2, 0.25) is 5.91 Å². The molecule has 0 bridgehead atoms. The van der Waals surface area contributed by atoms with Crippen LogP contribution in [0.25, 0.3) is 0 Å². The van der Waals surface area contributed by atoms with Crippen molar-refractivity contribution < 1.29 is 9.53 Å². The number of nitrogens with zero attached hydrogens (tertiary/aromatic N) is 3. The Labute approximate surface area is 138 Å². The van der Waals surface area contributed by atoms with Crippen LogP contribution in [0.4, 0.5) is 5.82 Å². The number of amides is 1. The molecule has 0 aromatic carbocycles. The molecule has 1 saturated heterocycles. The molecule has 0 aliphatic carbocycles. The number of carbonyl (C=O) groups excluding carboxylic acids is 1. The minimum Gasteiger partial charge on any atom is -0.373 e. The number of carbonyl (C=O) groups is 1. The van der Waals surface area contributed by atoms with E-state index in [1.807, 2.05) is 0 Å². The second-order valence-corrected chi connectivity index (χ2v) is 6.69. The third-order valence-corrected chi connectivity index (χ3v) is 3.90. The number of ether oxygens (including phenoxy) is 1. The SMILES string of the molecule is CC(=O)NC[C@H]1CN(c2cc(C(C)C)nc(C(C)C)n2)CCO1. The predicted octanol–water partition coefficient (Wildman–Crippen LogP) is 2.06. The molecule has 1 fully saturated rings. The molecule has 1 N–H and O–H groups in total. The van der Waals surface area contributed by atoms with Gasteiger partial charge in [-0.25, -0.2) is 9.97 Å². The van der Waals surface area contributed by atoms with Crippen molar-refractivity contribution in [2.45, 2.75) is 52.6 Å². The minimum atomic E-state index is -0.0306. The molecule has 1 aromatic heterocycles. The summed E-state index contributed by atoms with van der Waals surface area (Å²) >= 11 is 0. The van der Waals surface area contributed by atoms with E-state index < -0.39 is 0 Å². The van der Waals surface area contributed by atoms with Crippen LogP contribution in [-0.4, -0.2) is 48.2 Å². The topological polar surface area (TPSA) is 67.4 Å². The summed E-state index contributed by atoms with van der Waals surface area (Å²) < 4.78 is 5.74. The van der Waals surface area contributed by atoms with Crippen LogP contribution in [0.2, 0.25) is 0 Å². The van der Waals surface area contributed by atoms with Gasteiger partial charge in [0, 0.05) is 44.2 Å². The number of hydrogen-bond acceptors (Lipinski definition) is 5. The molecule has 1 aromatic rings. The summed E-state index contributed by atoms with van der Waals surface area (Å²) in [5.41, 5.74) is 1.07. The van der Waals surface area contributed by atoms with E-state index in [1.54, 1.807) is 0 Å². The number of morpholine rings is 1. The van der Waals surface area contributed by atoms with Crippen molar-refractivity contribution in [1.29, 1.82) is 0 Å². The van der Waals surface area contributed by atoms with E-state index in [0.29, 0.717) is 25.0 Å². The van der Waals surface area contributed by atoms with Crippen molar-refractivity contribution in [3.05, 3.63) is 17.6 Å². The molecule has 0 radical (unpaired) electrons. The Kier molecular flexibility index (Phi) is 5.93. The van der Waals surface area contributed by atoms with Crippen LogP contribution in [0.3, 0.4) is 0 Å². The zero-order valence-corrected chi connectivity index (χ0v) is 14.8. The lowest BCUT2D eigenvalue weighted by molar-refractivity contribution is -0.119. The van der Waals surface area contributed by atoms with Crippen molar-refractivity contribution >= 4 is 11.7 Å². The van der Waals surface area contributed by atoms with Gasteiger partial charge in [-0.15, -0.1) is 0 Å². The molecular weight excluding hydrogens is 292 g/mol. The Morgan fingerprint density at radius 2 is 2.09 bits per heavy atom. The lowest BCUT2D eigenvalue weighted by atomic mass is 10.1. The normalized spacial score (nSPS) is 18.6. The smallest absolute Gasteiger partial charge is 0.216 e. The van der Waals surface area contributed by atoms with Gasteiger partial charge in [-0.1, -0.05) is 27.7 Å². The van der Waals surface area contributed by atoms with Crippen molar-refractivity contribution in [2.75, 3.05) is 31.1 Å². The first kappa shape index (κ1) is 17.7. The molecular formula is C17H28N4O2. The Balaban J connectivity index is 2.17. The van der Waals surface area contributed by atoms with Gasteiger partial charge in [0.05, 0.1) is 12.7 Å². The van der Waals surface area contributed by atoms with E-state index in [1.165, 1.54) is 6.92 Å². The van der Waals surface area contributed by atoms with Gasteiger partial charge in [0.25, 0.3) is 0 Å². The average molecular weight is 320 g/mol. The summed E-state index contributed by atoms with van der Waals surface area (Å²) in [7, 11) is 0. The van der Waals surface area contributed by atoms with Crippen molar-refractivity contribution in [3.63, 3.8) is 0 Å². The molecule has 1 atom stereocenters. The van der Waals surface area contributed by atoms with E-state index in [9.17, 15) is 4.79 Å². The molecule has 128 valence electrons. The predicted molar refractivity (Wildman–Crippen MR) is 90.8 cm³/mol. The van der Waals surface area contributed by atoms with Crippen molar-refractivity contribution in [1.82, 2.24) is 15.3 Å². The van der Waals surface area contributed by atoms with Crippen molar-refractivity contribution in [3.8, 4) is 0 Å². The second-order valence-electron chi connectivity index (χ2n) is 6.69. The molecule has 1 aliphatic rings. The first-order valence-electron chi connectivity index (χ1n) is 8.36. The fourth-order valence-electron chi connectivity index (χ4n) is 2.50. The molecule has 2 heterocycles.